The van der Waals surface area contributed by atoms with Crippen LogP contribution < -0.4 is 9.46 Å². The Bertz CT molecular complexity index is 2010. The number of carbonyl (C=O) groups is 1. The highest BCUT2D eigenvalue weighted by Crippen LogP contribution is 2.37. The van der Waals surface area contributed by atoms with E-state index in [-0.39, 0.29) is 23.9 Å². The molecule has 0 saturated carbocycles. The highest BCUT2D eigenvalue weighted by molar-refractivity contribution is 7.89. The third-order valence-electron chi connectivity index (χ3n) is 10.1. The minimum atomic E-state index is -3.55. The van der Waals surface area contributed by atoms with Crippen molar-refractivity contribution in [2.75, 3.05) is 51.8 Å². The maximum absolute atomic E-state index is 13.4. The Labute approximate surface area is 305 Å². The molecule has 4 aromatic carbocycles. The highest BCUT2D eigenvalue weighted by Gasteiger charge is 2.39. The van der Waals surface area contributed by atoms with E-state index >= 15 is 0 Å². The van der Waals surface area contributed by atoms with Gasteiger partial charge in [0.15, 0.2) is 5.79 Å². The SMILES string of the molecule is O=C(O)c1ccc(OCCc2c(CCNS(=O)(=O)CCN3CCC4(CC3)OCCO4)n(C(c3ccccc3)c3ccccc3)c3ccccc23)cc1. The molecule has 272 valence electrons. The minimum absolute atomic E-state index is 0.0166. The smallest absolute Gasteiger partial charge is 0.335 e. The molecule has 10 nitrogen and oxygen atoms in total. The van der Waals surface area contributed by atoms with Gasteiger partial charge in [0.2, 0.25) is 10.0 Å². The van der Waals surface area contributed by atoms with Crippen molar-refractivity contribution in [3.63, 3.8) is 0 Å². The molecule has 2 aliphatic rings. The van der Waals surface area contributed by atoms with Gasteiger partial charge in [-0.1, -0.05) is 78.9 Å². The fraction of sp³-hybridized carbons (Fsp3) is 0.341. The van der Waals surface area contributed by atoms with Gasteiger partial charge in [0, 0.05) is 68.5 Å². The van der Waals surface area contributed by atoms with Crippen LogP contribution in [-0.2, 0) is 32.3 Å². The molecule has 2 N–H and O–H groups in total. The summed E-state index contributed by atoms with van der Waals surface area (Å²) in [7, 11) is -3.55. The molecule has 0 unspecified atom stereocenters. The number of aromatic nitrogens is 1. The number of nitrogens with zero attached hydrogens (tertiary/aromatic N) is 2. The normalized spacial score (nSPS) is 16.2. The van der Waals surface area contributed by atoms with Crippen molar-refractivity contribution in [3.8, 4) is 5.75 Å². The molecule has 2 aliphatic heterocycles. The van der Waals surface area contributed by atoms with E-state index in [9.17, 15) is 18.3 Å². The summed E-state index contributed by atoms with van der Waals surface area (Å²) in [4.78, 5) is 13.5. The topological polar surface area (TPSA) is 119 Å². The molecule has 1 aromatic heterocycles. The van der Waals surface area contributed by atoms with Gasteiger partial charge in [-0.15, -0.1) is 0 Å². The summed E-state index contributed by atoms with van der Waals surface area (Å²) in [5.74, 6) is -0.874. The van der Waals surface area contributed by atoms with Crippen LogP contribution in [0.5, 0.6) is 5.75 Å². The molecule has 0 radical (unpaired) electrons. The van der Waals surface area contributed by atoms with Crippen LogP contribution >= 0.6 is 0 Å². The number of sulfonamides is 1. The molecule has 52 heavy (non-hydrogen) atoms. The quantitative estimate of drug-likeness (QED) is 0.137. The summed E-state index contributed by atoms with van der Waals surface area (Å²) >= 11 is 0. The Kier molecular flexibility index (Phi) is 11.0. The number of hydrogen-bond acceptors (Lipinski definition) is 7. The van der Waals surface area contributed by atoms with E-state index in [0.717, 1.165) is 59.2 Å². The number of aromatic carboxylic acids is 1. The Balaban J connectivity index is 1.15. The van der Waals surface area contributed by atoms with Crippen LogP contribution in [0, 0.1) is 0 Å². The van der Waals surface area contributed by atoms with Crippen LogP contribution in [0.1, 0.15) is 51.6 Å². The van der Waals surface area contributed by atoms with Gasteiger partial charge in [0.25, 0.3) is 0 Å². The first-order valence-electron chi connectivity index (χ1n) is 18.0. The van der Waals surface area contributed by atoms with Gasteiger partial charge >= 0.3 is 5.97 Å². The average Bonchev–Trinajstić information content (AvgIpc) is 3.75. The van der Waals surface area contributed by atoms with Crippen molar-refractivity contribution in [1.29, 1.82) is 0 Å². The van der Waals surface area contributed by atoms with Crippen molar-refractivity contribution in [2.45, 2.75) is 37.5 Å². The summed E-state index contributed by atoms with van der Waals surface area (Å²) in [5.41, 5.74) is 5.61. The van der Waals surface area contributed by atoms with E-state index in [0.29, 0.717) is 45.0 Å². The number of likely N-dealkylation sites (tertiary alicyclic amines) is 1. The molecule has 3 heterocycles. The first-order chi connectivity index (χ1) is 25.3. The number of para-hydroxylation sites is 1. The number of hydrogen-bond donors (Lipinski definition) is 2. The van der Waals surface area contributed by atoms with Crippen LogP contribution in [0.15, 0.2) is 109 Å². The van der Waals surface area contributed by atoms with Gasteiger partial charge in [-0.3, -0.25) is 0 Å². The molecule has 1 spiro atoms. The summed E-state index contributed by atoms with van der Waals surface area (Å²) < 4.78 is 49.8. The summed E-state index contributed by atoms with van der Waals surface area (Å²) in [6, 6.07) is 35.3. The van der Waals surface area contributed by atoms with Crippen LogP contribution in [0.3, 0.4) is 0 Å². The lowest BCUT2D eigenvalue weighted by Gasteiger charge is -2.37. The number of piperidine rings is 1. The molecule has 2 fully saturated rings. The first-order valence-corrected chi connectivity index (χ1v) is 19.6. The number of rotatable bonds is 15. The summed E-state index contributed by atoms with van der Waals surface area (Å²) in [5, 5.41) is 10.4. The predicted octanol–water partition coefficient (Wildman–Crippen LogP) is 5.90. The zero-order valence-corrected chi connectivity index (χ0v) is 30.0. The molecular weight excluding hydrogens is 679 g/mol. The van der Waals surface area contributed by atoms with Crippen LogP contribution in [0.2, 0.25) is 0 Å². The lowest BCUT2D eigenvalue weighted by Crippen LogP contribution is -2.46. The second-order valence-corrected chi connectivity index (χ2v) is 15.3. The number of carboxylic acid groups (broad SMARTS) is 1. The fourth-order valence-electron chi connectivity index (χ4n) is 7.51. The largest absolute Gasteiger partial charge is 0.493 e. The van der Waals surface area contributed by atoms with Crippen molar-refractivity contribution in [3.05, 3.63) is 137 Å². The number of nitrogens with one attached hydrogen (secondary N) is 1. The number of fused-ring (bicyclic) bond motifs is 1. The zero-order chi connectivity index (χ0) is 36.0. The number of carboxylic acids is 1. The van der Waals surface area contributed by atoms with Crippen molar-refractivity contribution in [2.24, 2.45) is 0 Å². The molecule has 2 saturated heterocycles. The second kappa shape index (κ2) is 16.0. The van der Waals surface area contributed by atoms with Gasteiger partial charge in [0.1, 0.15) is 5.75 Å². The Morgan fingerprint density at radius 1 is 0.827 bits per heavy atom. The highest BCUT2D eigenvalue weighted by atomic mass is 32.2. The van der Waals surface area contributed by atoms with Crippen LogP contribution in [-0.4, -0.2) is 86.5 Å². The van der Waals surface area contributed by atoms with E-state index in [1.54, 1.807) is 12.1 Å². The van der Waals surface area contributed by atoms with E-state index in [1.165, 1.54) is 12.1 Å². The van der Waals surface area contributed by atoms with Crippen molar-refractivity contribution in [1.82, 2.24) is 14.2 Å². The Morgan fingerprint density at radius 3 is 2.08 bits per heavy atom. The van der Waals surface area contributed by atoms with E-state index in [2.05, 4.69) is 50.6 Å². The van der Waals surface area contributed by atoms with E-state index in [4.69, 9.17) is 14.2 Å². The minimum Gasteiger partial charge on any atom is -0.493 e. The standard InChI is InChI=1S/C41H45N3O7S/c45-40(46)33-15-17-34(18-16-33)49-27-20-36-35-13-7-8-14-37(35)44(39(31-9-3-1-4-10-31)32-11-5-2-6-12-32)38(36)19-23-42-52(47,48)30-26-43-24-21-41(22-25-43)50-28-29-51-41/h1-18,39,42H,19-30H2,(H,45,46). The maximum atomic E-state index is 13.4. The molecule has 0 atom stereocenters. The first kappa shape index (κ1) is 35.9. The molecule has 5 aromatic rings. The summed E-state index contributed by atoms with van der Waals surface area (Å²) in [6.07, 6.45) is 2.52. The Hall–Kier alpha value is -4.52. The number of ether oxygens (including phenoxy) is 3. The molecule has 0 bridgehead atoms. The van der Waals surface area contributed by atoms with Gasteiger partial charge in [-0.2, -0.15) is 0 Å². The van der Waals surface area contributed by atoms with Crippen LogP contribution in [0.4, 0.5) is 0 Å². The van der Waals surface area contributed by atoms with Gasteiger partial charge in [-0.05, 0) is 47.0 Å². The number of benzene rings is 4. The molecule has 7 rings (SSSR count). The van der Waals surface area contributed by atoms with Gasteiger partial charge in [-0.25, -0.2) is 17.9 Å². The van der Waals surface area contributed by atoms with Crippen molar-refractivity contribution >= 4 is 26.9 Å². The van der Waals surface area contributed by atoms with Crippen LogP contribution in [0.25, 0.3) is 10.9 Å². The van der Waals surface area contributed by atoms with E-state index in [1.807, 2.05) is 48.5 Å². The summed E-state index contributed by atoms with van der Waals surface area (Å²) in [6.45, 7) is 3.76. The van der Waals surface area contributed by atoms with Gasteiger partial charge in [0.05, 0.1) is 37.2 Å². The second-order valence-electron chi connectivity index (χ2n) is 13.4. The molecule has 0 aliphatic carbocycles. The van der Waals surface area contributed by atoms with Gasteiger partial charge < -0.3 is 28.8 Å². The lowest BCUT2D eigenvalue weighted by molar-refractivity contribution is -0.184. The maximum Gasteiger partial charge on any atom is 0.335 e. The molecule has 11 heteroatoms. The predicted molar refractivity (Wildman–Crippen MR) is 200 cm³/mol. The lowest BCUT2D eigenvalue weighted by atomic mass is 9.97. The fourth-order valence-corrected chi connectivity index (χ4v) is 8.56. The average molecular weight is 724 g/mol. The zero-order valence-electron chi connectivity index (χ0n) is 29.2. The molecule has 0 amide bonds. The molecular formula is C41H45N3O7S. The third-order valence-corrected chi connectivity index (χ3v) is 11.5. The Morgan fingerprint density at radius 2 is 1.44 bits per heavy atom. The van der Waals surface area contributed by atoms with E-state index < -0.39 is 21.8 Å². The van der Waals surface area contributed by atoms with Crippen molar-refractivity contribution < 1.29 is 32.5 Å². The monoisotopic (exact) mass is 723 g/mol. The third kappa shape index (κ3) is 8.24.